The molecule has 0 saturated heterocycles. The van der Waals surface area contributed by atoms with E-state index in [1.54, 1.807) is 0 Å². The summed E-state index contributed by atoms with van der Waals surface area (Å²) in [5.74, 6) is 0. The normalized spacial score (nSPS) is 11.9. The third-order valence-electron chi connectivity index (χ3n) is 2.16. The van der Waals surface area contributed by atoms with Crippen LogP contribution in [-0.2, 0) is 0 Å². The first-order chi connectivity index (χ1) is 6.84. The molecule has 1 aromatic rings. The molecule has 1 aromatic carbocycles. The number of rotatable bonds is 6. The van der Waals surface area contributed by atoms with Crippen molar-refractivity contribution in [2.75, 3.05) is 19.7 Å². The summed E-state index contributed by atoms with van der Waals surface area (Å²) in [7, 11) is 0. The molecule has 1 rings (SSSR count). The molecule has 0 saturated carbocycles. The highest BCUT2D eigenvalue weighted by molar-refractivity contribution is 5.16. The Morgan fingerprint density at radius 1 is 1.13 bits per heavy atom. The van der Waals surface area contributed by atoms with Gasteiger partial charge in [0.15, 0.2) is 0 Å². The number of aliphatic hydroxyl groups excluding tert-OH is 2. The van der Waals surface area contributed by atoms with Crippen LogP contribution in [0, 0.1) is 0 Å². The molecule has 1 unspecified atom stereocenters. The smallest absolute Gasteiger partial charge is 0.0990 e. The van der Waals surface area contributed by atoms with E-state index in [1.807, 2.05) is 35.6 Å². The van der Waals surface area contributed by atoms with Gasteiger partial charge in [-0.2, -0.15) is 0 Å². The highest BCUT2D eigenvalue weighted by atomic mass is 35.5. The third-order valence-corrected chi connectivity index (χ3v) is 2.16. The van der Waals surface area contributed by atoms with Crippen molar-refractivity contribution in [3.05, 3.63) is 35.9 Å². The summed E-state index contributed by atoms with van der Waals surface area (Å²) in [5.41, 5.74) is 0.963. The first-order valence-electron chi connectivity index (χ1n) is 5.00. The van der Waals surface area contributed by atoms with Crippen molar-refractivity contribution in [1.82, 2.24) is 0 Å². The Morgan fingerprint density at radius 3 is 2.40 bits per heavy atom. The van der Waals surface area contributed by atoms with Gasteiger partial charge in [0.2, 0.25) is 0 Å². The van der Waals surface area contributed by atoms with Crippen LogP contribution in [0.4, 0.5) is 0 Å². The van der Waals surface area contributed by atoms with Crippen molar-refractivity contribution in [2.24, 2.45) is 0 Å². The van der Waals surface area contributed by atoms with E-state index >= 15 is 0 Å². The van der Waals surface area contributed by atoms with E-state index < -0.39 is 0 Å². The second-order valence-corrected chi connectivity index (χ2v) is 3.30. The van der Waals surface area contributed by atoms with E-state index in [4.69, 9.17) is 5.11 Å². The summed E-state index contributed by atoms with van der Waals surface area (Å²) < 4.78 is 0. The highest BCUT2D eigenvalue weighted by Crippen LogP contribution is 2.13. The standard InChI is InChI=1S/C11H17NO2.ClH/c13-9-8-12-7-6-11(14)10-4-2-1-3-5-10;/h1-5,11-14H,6-9H2;1H. The van der Waals surface area contributed by atoms with Crippen molar-refractivity contribution in [3.63, 3.8) is 0 Å². The Bertz CT molecular complexity index is 244. The average molecular weight is 232 g/mol. The minimum atomic E-state index is -0.383. The molecule has 4 N–H and O–H groups in total. The summed E-state index contributed by atoms with van der Waals surface area (Å²) in [6.45, 7) is 1.75. The Labute approximate surface area is 96.5 Å². The van der Waals surface area contributed by atoms with Crippen molar-refractivity contribution < 1.29 is 27.9 Å². The molecule has 0 bridgehead atoms. The van der Waals surface area contributed by atoms with Gasteiger partial charge in [0.05, 0.1) is 25.8 Å². The molecule has 1 atom stereocenters. The Morgan fingerprint density at radius 2 is 1.80 bits per heavy atom. The van der Waals surface area contributed by atoms with Gasteiger partial charge >= 0.3 is 0 Å². The van der Waals surface area contributed by atoms with Crippen LogP contribution in [0.2, 0.25) is 0 Å². The molecule has 15 heavy (non-hydrogen) atoms. The zero-order chi connectivity index (χ0) is 10.2. The number of aliphatic hydroxyl groups is 2. The Hall–Kier alpha value is -0.610. The summed E-state index contributed by atoms with van der Waals surface area (Å²) in [6.07, 6.45) is 0.343. The van der Waals surface area contributed by atoms with Crippen LogP contribution in [0.3, 0.4) is 0 Å². The van der Waals surface area contributed by atoms with Crippen molar-refractivity contribution in [3.8, 4) is 0 Å². The van der Waals surface area contributed by atoms with E-state index in [1.165, 1.54) is 0 Å². The van der Waals surface area contributed by atoms with Gasteiger partial charge in [-0.3, -0.25) is 0 Å². The number of halogens is 1. The second kappa shape index (κ2) is 8.68. The molecule has 0 aliphatic carbocycles. The maximum Gasteiger partial charge on any atom is 0.0990 e. The first-order valence-corrected chi connectivity index (χ1v) is 5.00. The van der Waals surface area contributed by atoms with Crippen molar-refractivity contribution in [1.29, 1.82) is 0 Å². The van der Waals surface area contributed by atoms with Gasteiger partial charge < -0.3 is 27.9 Å². The van der Waals surface area contributed by atoms with E-state index in [2.05, 4.69) is 0 Å². The van der Waals surface area contributed by atoms with Gasteiger partial charge in [0.1, 0.15) is 0 Å². The molecule has 0 spiro atoms. The van der Waals surface area contributed by atoms with E-state index in [9.17, 15) is 5.11 Å². The quantitative estimate of drug-likeness (QED) is 0.449. The van der Waals surface area contributed by atoms with E-state index in [-0.39, 0.29) is 25.1 Å². The van der Waals surface area contributed by atoms with Crippen LogP contribution in [0.15, 0.2) is 30.3 Å². The van der Waals surface area contributed by atoms with Gasteiger partial charge in [0.25, 0.3) is 0 Å². The molecule has 86 valence electrons. The fourth-order valence-corrected chi connectivity index (χ4v) is 1.35. The molecule has 0 heterocycles. The number of nitrogens with two attached hydrogens (primary N) is 1. The lowest BCUT2D eigenvalue weighted by molar-refractivity contribution is -0.657. The molecule has 0 radical (unpaired) electrons. The summed E-state index contributed by atoms with van der Waals surface area (Å²) in [5, 5.41) is 20.3. The number of hydrogen-bond donors (Lipinski definition) is 3. The van der Waals surface area contributed by atoms with Crippen LogP contribution >= 0.6 is 0 Å². The molecule has 0 aromatic heterocycles. The predicted molar refractivity (Wildman–Crippen MR) is 54.8 cm³/mol. The first kappa shape index (κ1) is 14.4. The van der Waals surface area contributed by atoms with Gasteiger partial charge in [-0.15, -0.1) is 0 Å². The number of hydrogen-bond acceptors (Lipinski definition) is 2. The zero-order valence-electron chi connectivity index (χ0n) is 8.64. The van der Waals surface area contributed by atoms with E-state index in [0.717, 1.165) is 18.5 Å². The summed E-state index contributed by atoms with van der Waals surface area (Å²) in [4.78, 5) is 0. The van der Waals surface area contributed by atoms with Crippen LogP contribution in [-0.4, -0.2) is 29.9 Å². The Kier molecular flexibility index (Phi) is 8.33. The van der Waals surface area contributed by atoms with Gasteiger partial charge in [-0.1, -0.05) is 30.3 Å². The van der Waals surface area contributed by atoms with Crippen molar-refractivity contribution in [2.45, 2.75) is 12.5 Å². The molecular weight excluding hydrogens is 214 g/mol. The van der Waals surface area contributed by atoms with Gasteiger partial charge in [-0.25, -0.2) is 0 Å². The lowest BCUT2D eigenvalue weighted by atomic mass is 10.1. The van der Waals surface area contributed by atoms with Gasteiger partial charge in [-0.05, 0) is 5.56 Å². The fraction of sp³-hybridized carbons (Fsp3) is 0.455. The third kappa shape index (κ3) is 5.74. The van der Waals surface area contributed by atoms with Crippen LogP contribution in [0.5, 0.6) is 0 Å². The van der Waals surface area contributed by atoms with E-state index in [0.29, 0.717) is 6.54 Å². The molecule has 4 heteroatoms. The van der Waals surface area contributed by atoms with Crippen molar-refractivity contribution >= 4 is 0 Å². The summed E-state index contributed by atoms with van der Waals surface area (Å²) in [6, 6.07) is 9.65. The van der Waals surface area contributed by atoms with Crippen LogP contribution < -0.4 is 17.7 Å². The molecule has 0 aliphatic heterocycles. The molecule has 0 fully saturated rings. The summed E-state index contributed by atoms with van der Waals surface area (Å²) >= 11 is 0. The van der Waals surface area contributed by atoms with Crippen LogP contribution in [0.25, 0.3) is 0 Å². The number of benzene rings is 1. The molecule has 0 amide bonds. The monoisotopic (exact) mass is 231 g/mol. The highest BCUT2D eigenvalue weighted by Gasteiger charge is 2.06. The second-order valence-electron chi connectivity index (χ2n) is 3.30. The maximum atomic E-state index is 9.74. The lowest BCUT2D eigenvalue weighted by Crippen LogP contribution is -3.00. The Balaban J connectivity index is 0.00000196. The molecular formula is C11H18ClNO2. The SMILES string of the molecule is OCC[NH2+]CCC(O)c1ccccc1.[Cl-]. The predicted octanol–water partition coefficient (Wildman–Crippen LogP) is -3.33. The fourth-order valence-electron chi connectivity index (χ4n) is 1.35. The minimum Gasteiger partial charge on any atom is -1.00 e. The maximum absolute atomic E-state index is 9.74. The minimum absolute atomic E-state index is 0. The molecule has 3 nitrogen and oxygen atoms in total. The topological polar surface area (TPSA) is 57.1 Å². The largest absolute Gasteiger partial charge is 1.00 e. The molecule has 0 aliphatic rings. The number of quaternary nitrogens is 1. The lowest BCUT2D eigenvalue weighted by Gasteiger charge is -2.09. The van der Waals surface area contributed by atoms with Gasteiger partial charge in [0, 0.05) is 6.42 Å². The zero-order valence-corrected chi connectivity index (χ0v) is 9.40. The average Bonchev–Trinajstić information content (AvgIpc) is 2.25. The van der Waals surface area contributed by atoms with Crippen LogP contribution in [0.1, 0.15) is 18.1 Å².